The summed E-state index contributed by atoms with van der Waals surface area (Å²) in [5.41, 5.74) is 2.25. The molecule has 3 aromatic heterocycles. The van der Waals surface area contributed by atoms with Crippen LogP contribution in [0.15, 0.2) is 36.7 Å². The summed E-state index contributed by atoms with van der Waals surface area (Å²) in [6.45, 7) is 0.440. The maximum Gasteiger partial charge on any atom is 0.269 e. The highest BCUT2D eigenvalue weighted by molar-refractivity contribution is 7.19. The second-order valence-electron chi connectivity index (χ2n) is 7.01. The molecule has 4 aromatic rings. The number of nitrogens with zero attached hydrogens (tertiary/aromatic N) is 4. The van der Waals surface area contributed by atoms with Crippen LogP contribution in [0.3, 0.4) is 0 Å². The van der Waals surface area contributed by atoms with E-state index in [1.165, 1.54) is 29.3 Å². The fourth-order valence-electron chi connectivity index (χ4n) is 3.74. The Balaban J connectivity index is 1.56. The standard InChI is InChI=1S/C20H18N6O2S/c27-26(28)13-5-3-4-12(10-13)11-23-17-16-14-6-1-2-7-15(14)29-20(16)25-19(24-17)18-21-8-9-22-18/h3-5,8-10H,1-2,6-7,11H2,(H,21,22)(H,23,24,25). The van der Waals surface area contributed by atoms with Crippen molar-refractivity contribution in [1.29, 1.82) is 0 Å². The van der Waals surface area contributed by atoms with Crippen molar-refractivity contribution in [3.63, 3.8) is 0 Å². The van der Waals surface area contributed by atoms with Gasteiger partial charge in [-0.25, -0.2) is 15.0 Å². The summed E-state index contributed by atoms with van der Waals surface area (Å²) in [5.74, 6) is 1.92. The Morgan fingerprint density at radius 3 is 2.97 bits per heavy atom. The average molecular weight is 406 g/mol. The third kappa shape index (κ3) is 3.33. The van der Waals surface area contributed by atoms with Crippen LogP contribution in [0, 0.1) is 10.1 Å². The van der Waals surface area contributed by atoms with Gasteiger partial charge in [0, 0.05) is 35.9 Å². The van der Waals surface area contributed by atoms with Crippen molar-refractivity contribution in [1.82, 2.24) is 19.9 Å². The summed E-state index contributed by atoms with van der Waals surface area (Å²) >= 11 is 1.73. The molecule has 0 spiro atoms. The van der Waals surface area contributed by atoms with Gasteiger partial charge in [0.15, 0.2) is 11.6 Å². The van der Waals surface area contributed by atoms with Gasteiger partial charge >= 0.3 is 0 Å². The van der Waals surface area contributed by atoms with Gasteiger partial charge in [0.25, 0.3) is 5.69 Å². The third-order valence-corrected chi connectivity index (χ3v) is 6.29. The lowest BCUT2D eigenvalue weighted by Gasteiger charge is -2.13. The molecule has 0 unspecified atom stereocenters. The third-order valence-electron chi connectivity index (χ3n) is 5.11. The predicted octanol–water partition coefficient (Wildman–Crippen LogP) is 4.48. The quantitative estimate of drug-likeness (QED) is 0.373. The minimum Gasteiger partial charge on any atom is -0.365 e. The lowest BCUT2D eigenvalue weighted by Crippen LogP contribution is -2.06. The predicted molar refractivity (Wildman–Crippen MR) is 112 cm³/mol. The maximum atomic E-state index is 11.1. The minimum atomic E-state index is -0.378. The van der Waals surface area contributed by atoms with Crippen LogP contribution < -0.4 is 5.32 Å². The Morgan fingerprint density at radius 2 is 2.14 bits per heavy atom. The molecule has 0 fully saturated rings. The molecule has 8 nitrogen and oxygen atoms in total. The second-order valence-corrected chi connectivity index (χ2v) is 8.09. The number of anilines is 1. The number of fused-ring (bicyclic) bond motifs is 3. The number of thiophene rings is 1. The number of nitro benzene ring substituents is 1. The van der Waals surface area contributed by atoms with Crippen molar-refractivity contribution >= 4 is 33.1 Å². The monoisotopic (exact) mass is 406 g/mol. The van der Waals surface area contributed by atoms with Crippen LogP contribution in [0.2, 0.25) is 0 Å². The highest BCUT2D eigenvalue weighted by Gasteiger charge is 2.22. The van der Waals surface area contributed by atoms with Gasteiger partial charge in [0.05, 0.1) is 10.3 Å². The van der Waals surface area contributed by atoms with Crippen LogP contribution >= 0.6 is 11.3 Å². The number of nitro groups is 1. The summed E-state index contributed by atoms with van der Waals surface area (Å²) in [4.78, 5) is 29.9. The Morgan fingerprint density at radius 1 is 1.24 bits per heavy atom. The number of non-ortho nitro benzene ring substituents is 1. The van der Waals surface area contributed by atoms with Gasteiger partial charge in [-0.15, -0.1) is 11.3 Å². The van der Waals surface area contributed by atoms with Crippen molar-refractivity contribution in [3.8, 4) is 11.6 Å². The number of aryl methyl sites for hydroxylation is 2. The van der Waals surface area contributed by atoms with Crippen LogP contribution in [0.5, 0.6) is 0 Å². The molecular weight excluding hydrogens is 388 g/mol. The molecule has 0 bridgehead atoms. The number of nitrogens with one attached hydrogen (secondary N) is 2. The van der Waals surface area contributed by atoms with Gasteiger partial charge in [0.1, 0.15) is 10.6 Å². The van der Waals surface area contributed by atoms with E-state index < -0.39 is 0 Å². The van der Waals surface area contributed by atoms with E-state index in [9.17, 15) is 10.1 Å². The first-order valence-corrected chi connectivity index (χ1v) is 10.3. The summed E-state index contributed by atoms with van der Waals surface area (Å²) < 4.78 is 0. The first kappa shape index (κ1) is 17.7. The first-order chi connectivity index (χ1) is 14.2. The highest BCUT2D eigenvalue weighted by atomic mass is 32.1. The Hall–Kier alpha value is -3.33. The molecule has 3 heterocycles. The molecule has 0 saturated heterocycles. The average Bonchev–Trinajstić information content (AvgIpc) is 3.40. The van der Waals surface area contributed by atoms with E-state index in [0.29, 0.717) is 18.2 Å². The zero-order valence-corrected chi connectivity index (χ0v) is 16.3. The zero-order chi connectivity index (χ0) is 19.8. The van der Waals surface area contributed by atoms with Gasteiger partial charge in [-0.05, 0) is 36.8 Å². The minimum absolute atomic E-state index is 0.0846. The molecule has 5 rings (SSSR count). The number of hydrogen-bond donors (Lipinski definition) is 2. The molecule has 0 radical (unpaired) electrons. The molecule has 9 heteroatoms. The Labute approximate surface area is 170 Å². The van der Waals surface area contributed by atoms with Crippen molar-refractivity contribution in [3.05, 3.63) is 62.8 Å². The molecule has 1 aliphatic rings. The second kappa shape index (κ2) is 7.25. The zero-order valence-electron chi connectivity index (χ0n) is 15.5. The topological polar surface area (TPSA) is 110 Å². The molecule has 0 saturated carbocycles. The summed E-state index contributed by atoms with van der Waals surface area (Å²) in [5, 5.41) is 15.5. The number of H-pyrrole nitrogens is 1. The van der Waals surface area contributed by atoms with Crippen LogP contribution in [0.1, 0.15) is 28.8 Å². The molecule has 1 aromatic carbocycles. The van der Waals surface area contributed by atoms with E-state index in [2.05, 4.69) is 15.3 Å². The summed E-state index contributed by atoms with van der Waals surface area (Å²) in [6.07, 6.45) is 7.91. The van der Waals surface area contributed by atoms with E-state index >= 15 is 0 Å². The van der Waals surface area contributed by atoms with E-state index in [4.69, 9.17) is 9.97 Å². The number of aromatic amines is 1. The van der Waals surface area contributed by atoms with Gasteiger partial charge in [-0.2, -0.15) is 0 Å². The van der Waals surface area contributed by atoms with Crippen molar-refractivity contribution < 1.29 is 4.92 Å². The number of benzene rings is 1. The van der Waals surface area contributed by atoms with Crippen LogP contribution in [-0.2, 0) is 19.4 Å². The molecule has 29 heavy (non-hydrogen) atoms. The Kier molecular flexibility index (Phi) is 4.44. The molecule has 1 aliphatic carbocycles. The normalized spacial score (nSPS) is 13.4. The fraction of sp³-hybridized carbons (Fsp3) is 0.250. The van der Waals surface area contributed by atoms with E-state index in [0.717, 1.165) is 34.4 Å². The highest BCUT2D eigenvalue weighted by Crippen LogP contribution is 2.39. The van der Waals surface area contributed by atoms with E-state index in [1.807, 2.05) is 6.07 Å². The number of hydrogen-bond acceptors (Lipinski definition) is 7. The van der Waals surface area contributed by atoms with Crippen molar-refractivity contribution in [2.45, 2.75) is 32.2 Å². The van der Waals surface area contributed by atoms with Crippen LogP contribution in [-0.4, -0.2) is 24.9 Å². The molecule has 0 atom stereocenters. The van der Waals surface area contributed by atoms with Crippen LogP contribution in [0.4, 0.5) is 11.5 Å². The maximum absolute atomic E-state index is 11.1. The molecule has 146 valence electrons. The molecule has 0 aliphatic heterocycles. The van der Waals surface area contributed by atoms with Crippen molar-refractivity contribution in [2.24, 2.45) is 0 Å². The van der Waals surface area contributed by atoms with Gasteiger partial charge in [0.2, 0.25) is 0 Å². The number of aromatic nitrogens is 4. The molecular formula is C20H18N6O2S. The van der Waals surface area contributed by atoms with Gasteiger partial charge in [-0.3, -0.25) is 10.1 Å². The smallest absolute Gasteiger partial charge is 0.269 e. The lowest BCUT2D eigenvalue weighted by molar-refractivity contribution is -0.384. The SMILES string of the molecule is O=[N+]([O-])c1cccc(CNc2nc(-c3ncc[nH]3)nc3sc4c(c23)CCCC4)c1. The van der Waals surface area contributed by atoms with Crippen LogP contribution in [0.25, 0.3) is 21.9 Å². The molecule has 0 amide bonds. The largest absolute Gasteiger partial charge is 0.365 e. The molecule has 2 N–H and O–H groups in total. The number of rotatable bonds is 5. The fourth-order valence-corrected chi connectivity index (χ4v) is 5.01. The first-order valence-electron chi connectivity index (χ1n) is 9.48. The summed E-state index contributed by atoms with van der Waals surface area (Å²) in [7, 11) is 0. The van der Waals surface area contributed by atoms with Gasteiger partial charge < -0.3 is 10.3 Å². The number of imidazole rings is 1. The van der Waals surface area contributed by atoms with E-state index in [-0.39, 0.29) is 10.6 Å². The summed E-state index contributed by atoms with van der Waals surface area (Å²) in [6, 6.07) is 6.65. The van der Waals surface area contributed by atoms with Crippen molar-refractivity contribution in [2.75, 3.05) is 5.32 Å². The lowest BCUT2D eigenvalue weighted by atomic mass is 9.97. The van der Waals surface area contributed by atoms with Gasteiger partial charge in [-0.1, -0.05) is 12.1 Å². The van der Waals surface area contributed by atoms with E-state index in [1.54, 1.807) is 35.9 Å². The Bertz CT molecular complexity index is 1200.